The molecule has 0 bridgehead atoms. The number of methoxy groups -OCH3 is 2. The van der Waals surface area contributed by atoms with Crippen LogP contribution < -0.4 is 9.64 Å². The number of aliphatic hydroxyl groups is 1. The summed E-state index contributed by atoms with van der Waals surface area (Å²) in [7, 11) is 2.95. The third-order valence-electron chi connectivity index (χ3n) is 6.71. The topological polar surface area (TPSA) is 123 Å². The first kappa shape index (κ1) is 25.6. The van der Waals surface area contributed by atoms with Gasteiger partial charge < -0.3 is 29.2 Å². The summed E-state index contributed by atoms with van der Waals surface area (Å²) in [6.45, 7) is 6.21. The molecule has 4 rings (SSSR count). The number of H-pyrrole nitrogens is 1. The fourth-order valence-corrected chi connectivity index (χ4v) is 4.96. The van der Waals surface area contributed by atoms with Crippen LogP contribution in [0.2, 0.25) is 0 Å². The Morgan fingerprint density at radius 2 is 1.97 bits per heavy atom. The van der Waals surface area contributed by atoms with E-state index < -0.39 is 29.0 Å². The molecule has 192 valence electrons. The molecule has 0 fully saturated rings. The third-order valence-corrected chi connectivity index (χ3v) is 6.71. The normalized spacial score (nSPS) is 21.3. The second-order valence-electron chi connectivity index (χ2n) is 9.34. The highest BCUT2D eigenvalue weighted by atomic mass is 16.7. The Morgan fingerprint density at radius 1 is 1.25 bits per heavy atom. The molecule has 2 heterocycles. The monoisotopic (exact) mass is 496 g/mol. The number of hydrogen-bond acceptors (Lipinski definition) is 8. The van der Waals surface area contributed by atoms with Crippen LogP contribution in [0.5, 0.6) is 5.75 Å². The van der Waals surface area contributed by atoms with E-state index in [0.29, 0.717) is 23.7 Å². The van der Waals surface area contributed by atoms with Gasteiger partial charge in [-0.25, -0.2) is 4.98 Å². The van der Waals surface area contributed by atoms with Gasteiger partial charge in [-0.1, -0.05) is 32.0 Å². The highest BCUT2D eigenvalue weighted by Gasteiger charge is 2.54. The average molecular weight is 497 g/mol. The van der Waals surface area contributed by atoms with Gasteiger partial charge in [0.2, 0.25) is 0 Å². The minimum atomic E-state index is -1.33. The van der Waals surface area contributed by atoms with E-state index in [4.69, 9.17) is 14.2 Å². The number of non-ortho nitro benzene ring substituents is 1. The molecule has 10 nitrogen and oxygen atoms in total. The molecule has 10 heteroatoms. The van der Waals surface area contributed by atoms with Gasteiger partial charge in [-0.15, -0.1) is 0 Å². The summed E-state index contributed by atoms with van der Waals surface area (Å²) < 4.78 is 17.3. The fourth-order valence-electron chi connectivity index (χ4n) is 4.96. The number of fused-ring (bicyclic) bond motifs is 1. The lowest BCUT2D eigenvalue weighted by Gasteiger charge is -2.50. The van der Waals surface area contributed by atoms with Crippen molar-refractivity contribution in [3.05, 3.63) is 81.9 Å². The Balaban J connectivity index is 1.97. The van der Waals surface area contributed by atoms with E-state index in [1.54, 1.807) is 25.4 Å². The summed E-state index contributed by atoms with van der Waals surface area (Å²) in [5.74, 6) is 1.26. The highest BCUT2D eigenvalue weighted by Crippen LogP contribution is 2.48. The van der Waals surface area contributed by atoms with Crippen molar-refractivity contribution in [2.75, 3.05) is 19.1 Å². The molecule has 2 aromatic carbocycles. The van der Waals surface area contributed by atoms with Gasteiger partial charge in [0.15, 0.2) is 11.9 Å². The zero-order valence-electron chi connectivity index (χ0n) is 21.0. The molecule has 36 heavy (non-hydrogen) atoms. The Morgan fingerprint density at radius 3 is 2.58 bits per heavy atom. The number of ether oxygens (including phenoxy) is 3. The van der Waals surface area contributed by atoms with Crippen LogP contribution in [0.3, 0.4) is 0 Å². The number of aliphatic hydroxyl groups excluding tert-OH is 1. The van der Waals surface area contributed by atoms with E-state index in [0.717, 1.165) is 11.3 Å². The highest BCUT2D eigenvalue weighted by molar-refractivity contribution is 5.60. The molecular weight excluding hydrogens is 464 g/mol. The second kappa shape index (κ2) is 10.3. The van der Waals surface area contributed by atoms with Crippen molar-refractivity contribution in [1.82, 2.24) is 9.97 Å². The number of nitrogens with one attached hydrogen (secondary N) is 1. The van der Waals surface area contributed by atoms with Crippen molar-refractivity contribution in [1.29, 1.82) is 0 Å². The lowest BCUT2D eigenvalue weighted by molar-refractivity contribution is -0.385. The van der Waals surface area contributed by atoms with Crippen LogP contribution in [0.4, 0.5) is 11.4 Å². The maximum atomic E-state index is 12.0. The zero-order valence-corrected chi connectivity index (χ0v) is 21.0. The molecule has 3 aromatic rings. The summed E-state index contributed by atoms with van der Waals surface area (Å²) in [4.78, 5) is 20.8. The number of para-hydroxylation sites is 1. The Hall–Kier alpha value is -3.47. The molecule has 0 unspecified atom stereocenters. The summed E-state index contributed by atoms with van der Waals surface area (Å²) in [5, 5.41) is 23.6. The number of anilines is 1. The van der Waals surface area contributed by atoms with Crippen molar-refractivity contribution < 1.29 is 24.2 Å². The van der Waals surface area contributed by atoms with Gasteiger partial charge in [-0.2, -0.15) is 0 Å². The van der Waals surface area contributed by atoms with Gasteiger partial charge in [0, 0.05) is 50.0 Å². The van der Waals surface area contributed by atoms with Crippen molar-refractivity contribution in [2.24, 2.45) is 0 Å². The summed E-state index contributed by atoms with van der Waals surface area (Å²) >= 11 is 0. The third kappa shape index (κ3) is 4.55. The van der Waals surface area contributed by atoms with Crippen molar-refractivity contribution in [3.8, 4) is 5.75 Å². The minimum Gasteiger partial charge on any atom is -0.479 e. The average Bonchev–Trinajstić information content (AvgIpc) is 3.37. The second-order valence-corrected chi connectivity index (χ2v) is 9.34. The maximum absolute atomic E-state index is 12.0. The lowest BCUT2D eigenvalue weighted by Crippen LogP contribution is -2.62. The van der Waals surface area contributed by atoms with Crippen LogP contribution in [-0.2, 0) is 16.0 Å². The number of aromatic nitrogens is 2. The number of rotatable bonds is 9. The standard InChI is InChI=1S/C26H32N4O6/c1-16(2)18-8-6-7-9-20(18)29(15-22-27-12-13-28-22)23-19-14-17(30(32)33)10-11-21(19)36-26(3,24(23)31)25(34-4)35-5/h6-14,16,23-25,31H,15H2,1-5H3,(H,27,28)/t23-,24+,26+/m1/s1. The predicted octanol–water partition coefficient (Wildman–Crippen LogP) is 4.32. The van der Waals surface area contributed by atoms with Crippen LogP contribution in [0.25, 0.3) is 0 Å². The van der Waals surface area contributed by atoms with Crippen LogP contribution in [0, 0.1) is 10.1 Å². The number of hydrogen-bond donors (Lipinski definition) is 2. The molecule has 1 aliphatic rings. The fraction of sp³-hybridized carbons (Fsp3) is 0.423. The first-order valence-corrected chi connectivity index (χ1v) is 11.8. The summed E-state index contributed by atoms with van der Waals surface area (Å²) in [6, 6.07) is 11.6. The minimum absolute atomic E-state index is 0.0942. The van der Waals surface area contributed by atoms with Crippen molar-refractivity contribution in [3.63, 3.8) is 0 Å². The molecule has 0 saturated heterocycles. The van der Waals surface area contributed by atoms with E-state index in [1.807, 2.05) is 29.2 Å². The Labute approximate surface area is 210 Å². The first-order chi connectivity index (χ1) is 17.2. The Bertz CT molecular complexity index is 1200. The predicted molar refractivity (Wildman–Crippen MR) is 134 cm³/mol. The smallest absolute Gasteiger partial charge is 0.270 e. The number of nitro groups is 1. The van der Waals surface area contributed by atoms with Crippen LogP contribution >= 0.6 is 0 Å². The van der Waals surface area contributed by atoms with Gasteiger partial charge in [-0.3, -0.25) is 10.1 Å². The summed E-state index contributed by atoms with van der Waals surface area (Å²) in [6.07, 6.45) is 1.28. The van der Waals surface area contributed by atoms with E-state index in [2.05, 4.69) is 23.8 Å². The first-order valence-electron chi connectivity index (χ1n) is 11.8. The van der Waals surface area contributed by atoms with Crippen LogP contribution in [0.15, 0.2) is 54.9 Å². The van der Waals surface area contributed by atoms with Crippen molar-refractivity contribution in [2.45, 2.75) is 57.3 Å². The molecule has 1 aromatic heterocycles. The van der Waals surface area contributed by atoms with E-state index in [1.165, 1.54) is 26.4 Å². The van der Waals surface area contributed by atoms with Gasteiger partial charge >= 0.3 is 0 Å². The van der Waals surface area contributed by atoms with Gasteiger partial charge in [-0.05, 0) is 30.5 Å². The molecule has 0 amide bonds. The molecule has 1 aliphatic heterocycles. The van der Waals surface area contributed by atoms with E-state index in [9.17, 15) is 15.2 Å². The summed E-state index contributed by atoms with van der Waals surface area (Å²) in [5.41, 5.74) is 1.01. The number of aromatic amines is 1. The molecule has 3 atom stereocenters. The molecule has 0 radical (unpaired) electrons. The maximum Gasteiger partial charge on any atom is 0.270 e. The quantitative estimate of drug-likeness (QED) is 0.255. The largest absolute Gasteiger partial charge is 0.479 e. The Kier molecular flexibility index (Phi) is 7.30. The molecular formula is C26H32N4O6. The van der Waals surface area contributed by atoms with Gasteiger partial charge in [0.1, 0.15) is 17.7 Å². The lowest BCUT2D eigenvalue weighted by atomic mass is 9.82. The van der Waals surface area contributed by atoms with Crippen LogP contribution in [0.1, 0.15) is 49.7 Å². The SMILES string of the molecule is COC(OC)[C@@]1(C)Oc2ccc([N+](=O)[O-])cc2[C@@H](N(Cc2ncc[nH]2)c2ccccc2C(C)C)[C@@H]1O. The molecule has 2 N–H and O–H groups in total. The number of nitrogens with zero attached hydrogens (tertiary/aromatic N) is 3. The van der Waals surface area contributed by atoms with Crippen molar-refractivity contribution >= 4 is 11.4 Å². The number of benzene rings is 2. The molecule has 0 spiro atoms. The number of imidazole rings is 1. The van der Waals surface area contributed by atoms with Gasteiger partial charge in [0.25, 0.3) is 5.69 Å². The van der Waals surface area contributed by atoms with Crippen LogP contribution in [-0.4, -0.2) is 52.2 Å². The van der Waals surface area contributed by atoms with E-state index >= 15 is 0 Å². The number of nitro benzene ring substituents is 1. The van der Waals surface area contributed by atoms with E-state index in [-0.39, 0.29) is 11.6 Å². The molecule has 0 saturated carbocycles. The zero-order chi connectivity index (χ0) is 26.0. The molecule has 0 aliphatic carbocycles. The van der Waals surface area contributed by atoms with Gasteiger partial charge in [0.05, 0.1) is 17.5 Å².